The third kappa shape index (κ3) is 8.62. The monoisotopic (exact) mass is 570 g/mol. The molecule has 16 nitrogen and oxygen atoms in total. The molecule has 0 bridgehead atoms. The van der Waals surface area contributed by atoms with Gasteiger partial charge in [-0.1, -0.05) is 18.2 Å². The summed E-state index contributed by atoms with van der Waals surface area (Å²) in [5.41, 5.74) is 12.6. The maximum Gasteiger partial charge on any atom is 0.326 e. The fourth-order valence-electron chi connectivity index (χ4n) is 4.06. The minimum absolute atomic E-state index is 0.103. The molecule has 11 N–H and O–H groups in total. The molecule has 0 saturated carbocycles. The second-order valence-electron chi connectivity index (χ2n) is 9.24. The second kappa shape index (κ2) is 13.7. The van der Waals surface area contributed by atoms with E-state index in [1.165, 1.54) is 12.5 Å². The van der Waals surface area contributed by atoms with Crippen LogP contribution in [0.4, 0.5) is 0 Å². The Bertz CT molecular complexity index is 1420. The van der Waals surface area contributed by atoms with Crippen molar-refractivity contribution in [1.29, 1.82) is 0 Å². The van der Waals surface area contributed by atoms with E-state index in [4.69, 9.17) is 16.6 Å². The number of aromatic nitrogens is 3. The number of rotatable bonds is 15. The van der Waals surface area contributed by atoms with Gasteiger partial charge in [-0.15, -0.1) is 0 Å². The molecule has 4 amide bonds. The number of benzene rings is 1. The number of fused-ring (bicyclic) bond motifs is 1. The van der Waals surface area contributed by atoms with Gasteiger partial charge in [-0.05, 0) is 11.6 Å². The first kappa shape index (κ1) is 30.3. The number of H-pyrrole nitrogens is 2. The number of primary amides is 1. The zero-order valence-electron chi connectivity index (χ0n) is 21.6. The molecule has 0 aliphatic carbocycles. The first-order valence-electron chi connectivity index (χ1n) is 12.4. The summed E-state index contributed by atoms with van der Waals surface area (Å²) >= 11 is 0. The maximum absolute atomic E-state index is 13.5. The highest BCUT2D eigenvalue weighted by molar-refractivity contribution is 5.96. The van der Waals surface area contributed by atoms with Crippen molar-refractivity contribution < 1.29 is 39.0 Å². The molecule has 41 heavy (non-hydrogen) atoms. The van der Waals surface area contributed by atoms with Crippen molar-refractivity contribution >= 4 is 46.5 Å². The predicted octanol–water partition coefficient (Wildman–Crippen LogP) is -2.11. The topological polar surface area (TPSA) is 275 Å². The van der Waals surface area contributed by atoms with Crippen LogP contribution in [0.25, 0.3) is 10.9 Å². The summed E-state index contributed by atoms with van der Waals surface area (Å²) in [6, 6.07) is 1.35. The Labute approximate surface area is 232 Å². The molecule has 2 heterocycles. The molecule has 1 aromatic carbocycles. The summed E-state index contributed by atoms with van der Waals surface area (Å²) in [4.78, 5) is 83.0. The molecule has 3 rings (SSSR count). The van der Waals surface area contributed by atoms with Crippen LogP contribution < -0.4 is 27.4 Å². The number of aromatic amines is 2. The van der Waals surface area contributed by atoms with Gasteiger partial charge < -0.3 is 47.6 Å². The van der Waals surface area contributed by atoms with Gasteiger partial charge in [0.05, 0.1) is 25.2 Å². The first-order valence-corrected chi connectivity index (χ1v) is 12.4. The number of imidazole rings is 1. The molecule has 3 aromatic rings. The summed E-state index contributed by atoms with van der Waals surface area (Å²) < 4.78 is 0. The zero-order chi connectivity index (χ0) is 30.1. The van der Waals surface area contributed by atoms with Gasteiger partial charge in [0.15, 0.2) is 0 Å². The van der Waals surface area contributed by atoms with E-state index in [1.54, 1.807) is 30.5 Å². The number of nitrogens with two attached hydrogens (primary N) is 2. The lowest BCUT2D eigenvalue weighted by Crippen LogP contribution is -2.58. The van der Waals surface area contributed by atoms with Gasteiger partial charge in [-0.25, -0.2) is 9.78 Å². The van der Waals surface area contributed by atoms with Crippen LogP contribution in [0.15, 0.2) is 43.0 Å². The van der Waals surface area contributed by atoms with Crippen LogP contribution >= 0.6 is 0 Å². The minimum atomic E-state index is -1.66. The van der Waals surface area contributed by atoms with Crippen LogP contribution in [0.3, 0.4) is 0 Å². The normalized spacial score (nSPS) is 13.9. The van der Waals surface area contributed by atoms with E-state index in [9.17, 15) is 33.9 Å². The van der Waals surface area contributed by atoms with E-state index < -0.39 is 72.6 Å². The number of amides is 4. The van der Waals surface area contributed by atoms with Crippen molar-refractivity contribution in [3.05, 3.63) is 54.2 Å². The Morgan fingerprint density at radius 2 is 1.49 bits per heavy atom. The quantitative estimate of drug-likeness (QED) is 0.0959. The van der Waals surface area contributed by atoms with Gasteiger partial charge in [0.25, 0.3) is 0 Å². The number of aliphatic carboxylic acids is 2. The average Bonchev–Trinajstić information content (AvgIpc) is 3.56. The number of para-hydroxylation sites is 1. The molecule has 4 atom stereocenters. The van der Waals surface area contributed by atoms with E-state index in [0.717, 1.165) is 10.9 Å². The minimum Gasteiger partial charge on any atom is -0.481 e. The Hall–Kier alpha value is -5.25. The van der Waals surface area contributed by atoms with E-state index in [1.807, 2.05) is 0 Å². The van der Waals surface area contributed by atoms with Gasteiger partial charge in [0.2, 0.25) is 23.6 Å². The number of carbonyl (C=O) groups is 6. The van der Waals surface area contributed by atoms with Crippen molar-refractivity contribution in [3.63, 3.8) is 0 Å². The molecule has 0 radical (unpaired) electrons. The van der Waals surface area contributed by atoms with Gasteiger partial charge in [0.1, 0.15) is 18.1 Å². The number of carboxylic acid groups (broad SMARTS) is 2. The lowest BCUT2D eigenvalue weighted by molar-refractivity contribution is -0.143. The van der Waals surface area contributed by atoms with Gasteiger partial charge in [0, 0.05) is 41.8 Å². The molecule has 218 valence electrons. The molecule has 0 spiro atoms. The molecule has 2 aromatic heterocycles. The Morgan fingerprint density at radius 3 is 2.10 bits per heavy atom. The van der Waals surface area contributed by atoms with Crippen LogP contribution in [-0.4, -0.2) is 84.9 Å². The van der Waals surface area contributed by atoms with Crippen LogP contribution in [0.1, 0.15) is 24.1 Å². The fraction of sp³-hybridized carbons (Fsp3) is 0.320. The second-order valence-corrected chi connectivity index (χ2v) is 9.24. The van der Waals surface area contributed by atoms with Crippen LogP contribution in [0.5, 0.6) is 0 Å². The third-order valence-corrected chi connectivity index (χ3v) is 6.10. The van der Waals surface area contributed by atoms with Gasteiger partial charge >= 0.3 is 11.9 Å². The summed E-state index contributed by atoms with van der Waals surface area (Å²) in [6.07, 6.45) is 2.78. The Kier molecular flexibility index (Phi) is 10.1. The van der Waals surface area contributed by atoms with E-state index in [0.29, 0.717) is 11.3 Å². The predicted molar refractivity (Wildman–Crippen MR) is 142 cm³/mol. The number of hydrogen-bond acceptors (Lipinski definition) is 8. The number of nitrogens with zero attached hydrogens (tertiary/aromatic N) is 1. The van der Waals surface area contributed by atoms with Crippen molar-refractivity contribution in [2.24, 2.45) is 11.5 Å². The number of nitrogens with one attached hydrogen (secondary N) is 5. The van der Waals surface area contributed by atoms with E-state index >= 15 is 0 Å². The van der Waals surface area contributed by atoms with Crippen LogP contribution in [0, 0.1) is 0 Å². The summed E-state index contributed by atoms with van der Waals surface area (Å²) in [5, 5.41) is 26.3. The van der Waals surface area contributed by atoms with E-state index in [2.05, 4.69) is 30.9 Å². The number of carbonyl (C=O) groups excluding carboxylic acids is 4. The summed E-state index contributed by atoms with van der Waals surface area (Å²) in [7, 11) is 0. The highest BCUT2D eigenvalue weighted by Gasteiger charge is 2.32. The fourth-order valence-corrected chi connectivity index (χ4v) is 4.06. The zero-order valence-corrected chi connectivity index (χ0v) is 21.6. The molecule has 0 saturated heterocycles. The lowest BCUT2D eigenvalue weighted by Gasteiger charge is -2.25. The molecule has 4 unspecified atom stereocenters. The maximum atomic E-state index is 13.5. The third-order valence-electron chi connectivity index (χ3n) is 6.10. The average molecular weight is 571 g/mol. The number of hydrogen-bond donors (Lipinski definition) is 9. The van der Waals surface area contributed by atoms with Gasteiger partial charge in [-0.3, -0.25) is 24.0 Å². The molecule has 0 aliphatic heterocycles. The molecular weight excluding hydrogens is 540 g/mol. The van der Waals surface area contributed by atoms with Crippen LogP contribution in [-0.2, 0) is 41.6 Å². The Morgan fingerprint density at radius 1 is 0.854 bits per heavy atom. The first-order chi connectivity index (χ1) is 19.4. The smallest absolute Gasteiger partial charge is 0.326 e. The molecule has 0 fully saturated rings. The summed E-state index contributed by atoms with van der Waals surface area (Å²) in [6.45, 7) is 0. The molecular formula is C25H30N8O8. The summed E-state index contributed by atoms with van der Waals surface area (Å²) in [5.74, 6) is -6.48. The largest absolute Gasteiger partial charge is 0.481 e. The van der Waals surface area contributed by atoms with Gasteiger partial charge in [-0.2, -0.15) is 0 Å². The number of carboxylic acids is 2. The highest BCUT2D eigenvalue weighted by atomic mass is 16.4. The molecule has 0 aliphatic rings. The van der Waals surface area contributed by atoms with Crippen LogP contribution in [0.2, 0.25) is 0 Å². The van der Waals surface area contributed by atoms with Crippen molar-refractivity contribution in [2.45, 2.75) is 49.9 Å². The standard InChI is InChI=1S/C25H30N8O8/c26-15(7-21(35)36)22(37)31-18(6-13-10-28-11-30-13)24(39)32-17(23(38)33-19(25(40)41)8-20(27)34)5-12-9-29-16-4-2-1-3-14(12)16/h1-4,9-11,15,17-19,29H,5-8,26H2,(H2,27,34)(H,28,30)(H,31,37)(H,32,39)(H,33,38)(H,35,36)(H,40,41). The Balaban J connectivity index is 1.88. The van der Waals surface area contributed by atoms with Crippen molar-refractivity contribution in [3.8, 4) is 0 Å². The van der Waals surface area contributed by atoms with Crippen molar-refractivity contribution in [2.75, 3.05) is 0 Å². The van der Waals surface area contributed by atoms with Crippen molar-refractivity contribution in [1.82, 2.24) is 30.9 Å². The highest BCUT2D eigenvalue weighted by Crippen LogP contribution is 2.19. The SMILES string of the molecule is NC(=O)CC(NC(=O)C(Cc1c[nH]c2ccccc12)NC(=O)C(Cc1cnc[nH]1)NC(=O)C(N)CC(=O)O)C(=O)O. The molecule has 16 heteroatoms. The van der Waals surface area contributed by atoms with E-state index in [-0.39, 0.29) is 12.8 Å². The lowest BCUT2D eigenvalue weighted by atomic mass is 10.0.